The van der Waals surface area contributed by atoms with Crippen molar-refractivity contribution in [3.8, 4) is 0 Å². The van der Waals surface area contributed by atoms with Crippen LogP contribution in [0.25, 0.3) is 0 Å². The standard InChI is InChI=1S/C9H20O3.3C4H6O2/c1-4-8(2,3)9(5-10,6-11)7-12;3*1-3(2)4(5)6/h10-12H,4-7H2,1-3H3;3*1H2,2H3,(H,5,6). The van der Waals surface area contributed by atoms with E-state index in [-0.39, 0.29) is 42.0 Å². The van der Waals surface area contributed by atoms with Crippen LogP contribution in [0.15, 0.2) is 36.5 Å². The molecule has 0 unspecified atom stereocenters. The van der Waals surface area contributed by atoms with Gasteiger partial charge in [0.05, 0.1) is 19.8 Å². The van der Waals surface area contributed by atoms with Gasteiger partial charge in [-0.25, -0.2) is 14.4 Å². The second-order valence-electron chi connectivity index (χ2n) is 7.25. The van der Waals surface area contributed by atoms with Crippen LogP contribution in [-0.4, -0.2) is 68.4 Å². The topological polar surface area (TPSA) is 173 Å². The lowest BCUT2D eigenvalue weighted by molar-refractivity contribution is -0.133. The molecule has 0 aromatic rings. The average Bonchev–Trinajstić information content (AvgIpc) is 2.64. The van der Waals surface area contributed by atoms with E-state index in [1.165, 1.54) is 20.8 Å². The normalized spacial score (nSPS) is 9.90. The van der Waals surface area contributed by atoms with Crippen molar-refractivity contribution in [2.75, 3.05) is 19.8 Å². The third kappa shape index (κ3) is 16.5. The molecule has 0 radical (unpaired) electrons. The van der Waals surface area contributed by atoms with E-state index in [9.17, 15) is 14.4 Å². The Morgan fingerprint density at radius 1 is 0.667 bits per heavy atom. The fourth-order valence-electron chi connectivity index (χ4n) is 1.17. The van der Waals surface area contributed by atoms with E-state index in [1.807, 2.05) is 20.8 Å². The smallest absolute Gasteiger partial charge is 0.330 e. The minimum absolute atomic E-state index is 0.176. The molecule has 0 aliphatic heterocycles. The zero-order valence-corrected chi connectivity index (χ0v) is 18.9. The Morgan fingerprint density at radius 2 is 0.833 bits per heavy atom. The van der Waals surface area contributed by atoms with Gasteiger partial charge in [0.15, 0.2) is 0 Å². The van der Waals surface area contributed by atoms with Crippen molar-refractivity contribution in [2.45, 2.75) is 48.0 Å². The van der Waals surface area contributed by atoms with Crippen LogP contribution in [0, 0.1) is 10.8 Å². The molecule has 0 aliphatic carbocycles. The molecule has 30 heavy (non-hydrogen) atoms. The second kappa shape index (κ2) is 17.4. The molecule has 0 aromatic carbocycles. The first-order chi connectivity index (χ1) is 13.4. The molecule has 0 heterocycles. The van der Waals surface area contributed by atoms with Gasteiger partial charge in [-0.3, -0.25) is 0 Å². The molecule has 0 aromatic heterocycles. The first kappa shape index (κ1) is 35.0. The third-order valence-electron chi connectivity index (χ3n) is 4.32. The summed E-state index contributed by atoms with van der Waals surface area (Å²) in [6, 6.07) is 0. The predicted octanol–water partition coefficient (Wildman–Crippen LogP) is 2.33. The van der Waals surface area contributed by atoms with Crippen LogP contribution < -0.4 is 0 Å². The van der Waals surface area contributed by atoms with Crippen LogP contribution in [-0.2, 0) is 14.4 Å². The highest BCUT2D eigenvalue weighted by Crippen LogP contribution is 2.40. The summed E-state index contributed by atoms with van der Waals surface area (Å²) in [5, 5.41) is 51.0. The summed E-state index contributed by atoms with van der Waals surface area (Å²) >= 11 is 0. The molecule has 0 spiro atoms. The van der Waals surface area contributed by atoms with Crippen molar-refractivity contribution in [1.82, 2.24) is 0 Å². The Labute approximate surface area is 178 Å². The zero-order chi connectivity index (χ0) is 25.3. The van der Waals surface area contributed by atoms with Crippen LogP contribution in [0.5, 0.6) is 0 Å². The van der Waals surface area contributed by atoms with E-state index in [4.69, 9.17) is 30.6 Å². The molecular weight excluding hydrogens is 396 g/mol. The third-order valence-corrected chi connectivity index (χ3v) is 4.32. The minimum atomic E-state index is -0.935. The molecule has 0 amide bonds. The van der Waals surface area contributed by atoms with E-state index in [2.05, 4.69) is 19.7 Å². The first-order valence-electron chi connectivity index (χ1n) is 8.91. The van der Waals surface area contributed by atoms with Gasteiger partial charge >= 0.3 is 17.9 Å². The van der Waals surface area contributed by atoms with Crippen LogP contribution in [0.1, 0.15) is 48.0 Å². The number of carboxylic acids is 3. The lowest BCUT2D eigenvalue weighted by Gasteiger charge is -2.42. The summed E-state index contributed by atoms with van der Waals surface area (Å²) in [5.41, 5.74) is -0.479. The van der Waals surface area contributed by atoms with Gasteiger partial charge in [-0.05, 0) is 26.2 Å². The number of hydrogen-bond donors (Lipinski definition) is 6. The Hall–Kier alpha value is -2.49. The van der Waals surface area contributed by atoms with Crippen LogP contribution in [0.2, 0.25) is 0 Å². The van der Waals surface area contributed by atoms with Crippen molar-refractivity contribution in [3.05, 3.63) is 36.5 Å². The SMILES string of the molecule is C=C(C)C(=O)O.C=C(C)C(=O)O.C=C(C)C(=O)O.CCC(C)(C)C(CO)(CO)CO. The van der Waals surface area contributed by atoms with Gasteiger partial charge < -0.3 is 30.6 Å². The summed E-state index contributed by atoms with van der Waals surface area (Å²) in [4.78, 5) is 28.8. The van der Waals surface area contributed by atoms with Crippen molar-refractivity contribution < 1.29 is 45.0 Å². The summed E-state index contributed by atoms with van der Waals surface area (Å²) in [6.45, 7) is 19.1. The maximum atomic E-state index is 9.60. The van der Waals surface area contributed by atoms with Crippen molar-refractivity contribution in [3.63, 3.8) is 0 Å². The van der Waals surface area contributed by atoms with E-state index < -0.39 is 23.3 Å². The lowest BCUT2D eigenvalue weighted by Crippen LogP contribution is -2.46. The second-order valence-corrected chi connectivity index (χ2v) is 7.25. The Kier molecular flexibility index (Phi) is 20.3. The van der Waals surface area contributed by atoms with Crippen molar-refractivity contribution in [1.29, 1.82) is 0 Å². The van der Waals surface area contributed by atoms with Crippen molar-refractivity contribution in [2.24, 2.45) is 10.8 Å². The molecule has 176 valence electrons. The quantitative estimate of drug-likeness (QED) is 0.313. The van der Waals surface area contributed by atoms with E-state index in [0.717, 1.165) is 6.42 Å². The number of carboxylic acid groups (broad SMARTS) is 3. The molecule has 0 saturated heterocycles. The highest BCUT2D eigenvalue weighted by atomic mass is 16.4. The number of hydrogen-bond acceptors (Lipinski definition) is 6. The van der Waals surface area contributed by atoms with Gasteiger partial charge in [-0.15, -0.1) is 0 Å². The van der Waals surface area contributed by atoms with Crippen LogP contribution in [0.4, 0.5) is 0 Å². The molecule has 9 heteroatoms. The maximum Gasteiger partial charge on any atom is 0.330 e. The molecule has 9 nitrogen and oxygen atoms in total. The summed E-state index contributed by atoms with van der Waals surface area (Å²) < 4.78 is 0. The Morgan fingerprint density at radius 3 is 0.867 bits per heavy atom. The molecule has 0 saturated carbocycles. The fraction of sp³-hybridized carbons (Fsp3) is 0.571. The van der Waals surface area contributed by atoms with Gasteiger partial charge in [0.1, 0.15) is 0 Å². The summed E-state index contributed by atoms with van der Waals surface area (Å²) in [5.74, 6) is -2.81. The van der Waals surface area contributed by atoms with E-state index in [0.29, 0.717) is 0 Å². The maximum absolute atomic E-state index is 9.60. The molecule has 0 rings (SSSR count). The first-order valence-corrected chi connectivity index (χ1v) is 8.91. The lowest BCUT2D eigenvalue weighted by atomic mass is 9.65. The average molecular weight is 435 g/mol. The highest BCUT2D eigenvalue weighted by molar-refractivity contribution is 5.85. The zero-order valence-electron chi connectivity index (χ0n) is 18.9. The monoisotopic (exact) mass is 434 g/mol. The van der Waals surface area contributed by atoms with Crippen LogP contribution in [0.3, 0.4) is 0 Å². The number of rotatable bonds is 8. The molecule has 0 bridgehead atoms. The largest absolute Gasteiger partial charge is 0.478 e. The molecule has 0 fully saturated rings. The number of aliphatic carboxylic acids is 3. The Balaban J connectivity index is -0.000000161. The fourth-order valence-corrected chi connectivity index (χ4v) is 1.17. The van der Waals surface area contributed by atoms with Crippen LogP contribution >= 0.6 is 0 Å². The van der Waals surface area contributed by atoms with Gasteiger partial charge in [0.25, 0.3) is 0 Å². The summed E-state index contributed by atoms with van der Waals surface area (Å²) in [7, 11) is 0. The highest BCUT2D eigenvalue weighted by Gasteiger charge is 2.42. The Bertz CT molecular complexity index is 484. The number of carbonyl (C=O) groups is 3. The molecule has 6 N–H and O–H groups in total. The van der Waals surface area contributed by atoms with Gasteiger partial charge in [-0.2, -0.15) is 0 Å². The molecular formula is C21H38O9. The number of aliphatic hydroxyl groups is 3. The predicted molar refractivity (Wildman–Crippen MR) is 115 cm³/mol. The van der Waals surface area contributed by atoms with Gasteiger partial charge in [0.2, 0.25) is 0 Å². The van der Waals surface area contributed by atoms with E-state index in [1.54, 1.807) is 0 Å². The van der Waals surface area contributed by atoms with Gasteiger partial charge in [-0.1, -0.05) is 46.9 Å². The van der Waals surface area contributed by atoms with Crippen molar-refractivity contribution >= 4 is 17.9 Å². The number of aliphatic hydroxyl groups excluding tert-OH is 3. The van der Waals surface area contributed by atoms with Gasteiger partial charge in [0, 0.05) is 22.1 Å². The minimum Gasteiger partial charge on any atom is -0.478 e. The van der Waals surface area contributed by atoms with E-state index >= 15 is 0 Å². The molecule has 0 aliphatic rings. The molecule has 0 atom stereocenters. The summed E-state index contributed by atoms with van der Waals surface area (Å²) in [6.07, 6.45) is 0.814.